The van der Waals surface area contributed by atoms with Crippen LogP contribution in [0.1, 0.15) is 32.4 Å². The first-order valence-electron chi connectivity index (χ1n) is 9.69. The Balaban J connectivity index is 1.51. The van der Waals surface area contributed by atoms with Crippen molar-refractivity contribution in [2.24, 2.45) is 5.73 Å². The van der Waals surface area contributed by atoms with Crippen LogP contribution in [0.15, 0.2) is 66.7 Å². The Morgan fingerprint density at radius 2 is 1.61 bits per heavy atom. The fourth-order valence-corrected chi connectivity index (χ4v) is 3.28. The molecule has 1 atom stereocenters. The van der Waals surface area contributed by atoms with Crippen molar-refractivity contribution < 1.29 is 14.0 Å². The average Bonchev–Trinajstić information content (AvgIpc) is 3.60. The van der Waals surface area contributed by atoms with Gasteiger partial charge in [-0.25, -0.2) is 4.39 Å². The SMILES string of the molecule is NC(c1ccc(C(=O)Nc2ccccc2C(=O)Nc2ccc(Cl)cc2)c(F)c1)N1CC1. The van der Waals surface area contributed by atoms with E-state index in [0.717, 1.165) is 13.1 Å². The number of halogens is 2. The second kappa shape index (κ2) is 8.85. The summed E-state index contributed by atoms with van der Waals surface area (Å²) < 4.78 is 14.6. The number of amides is 2. The molecular formula is C23H20ClFN4O2. The molecule has 0 saturated carbocycles. The zero-order valence-corrected chi connectivity index (χ0v) is 17.2. The lowest BCUT2D eigenvalue weighted by Crippen LogP contribution is -2.21. The predicted molar refractivity (Wildman–Crippen MR) is 119 cm³/mol. The lowest BCUT2D eigenvalue weighted by molar-refractivity contribution is 0.102. The van der Waals surface area contributed by atoms with Gasteiger partial charge >= 0.3 is 0 Å². The van der Waals surface area contributed by atoms with Gasteiger partial charge in [0.2, 0.25) is 0 Å². The number of hydrogen-bond donors (Lipinski definition) is 3. The zero-order chi connectivity index (χ0) is 22.0. The van der Waals surface area contributed by atoms with E-state index in [-0.39, 0.29) is 23.0 Å². The van der Waals surface area contributed by atoms with E-state index < -0.39 is 17.6 Å². The van der Waals surface area contributed by atoms with Crippen LogP contribution in [0.3, 0.4) is 0 Å². The number of carbonyl (C=O) groups excluding carboxylic acids is 2. The lowest BCUT2D eigenvalue weighted by atomic mass is 10.1. The minimum Gasteiger partial charge on any atom is -0.322 e. The van der Waals surface area contributed by atoms with Crippen molar-refractivity contribution in [1.29, 1.82) is 0 Å². The van der Waals surface area contributed by atoms with E-state index in [9.17, 15) is 14.0 Å². The maximum Gasteiger partial charge on any atom is 0.258 e. The molecule has 6 nitrogen and oxygen atoms in total. The largest absolute Gasteiger partial charge is 0.322 e. The van der Waals surface area contributed by atoms with Gasteiger partial charge in [-0.1, -0.05) is 29.8 Å². The molecule has 4 rings (SSSR count). The number of para-hydroxylation sites is 1. The highest BCUT2D eigenvalue weighted by atomic mass is 35.5. The molecule has 3 aromatic carbocycles. The smallest absolute Gasteiger partial charge is 0.258 e. The summed E-state index contributed by atoms with van der Waals surface area (Å²) in [6, 6.07) is 17.5. The van der Waals surface area contributed by atoms with Crippen LogP contribution in [-0.4, -0.2) is 29.8 Å². The summed E-state index contributed by atoms with van der Waals surface area (Å²) in [6.07, 6.45) is -0.385. The van der Waals surface area contributed by atoms with Crippen molar-refractivity contribution >= 4 is 34.8 Å². The van der Waals surface area contributed by atoms with Gasteiger partial charge in [0.15, 0.2) is 0 Å². The number of anilines is 2. The minimum absolute atomic E-state index is 0.130. The summed E-state index contributed by atoms with van der Waals surface area (Å²) >= 11 is 5.86. The number of carbonyl (C=O) groups is 2. The van der Waals surface area contributed by atoms with E-state index in [2.05, 4.69) is 10.6 Å². The Morgan fingerprint density at radius 1 is 0.935 bits per heavy atom. The Morgan fingerprint density at radius 3 is 2.29 bits per heavy atom. The summed E-state index contributed by atoms with van der Waals surface area (Å²) in [5.41, 5.74) is 7.59. The summed E-state index contributed by atoms with van der Waals surface area (Å²) in [7, 11) is 0. The van der Waals surface area contributed by atoms with E-state index in [0.29, 0.717) is 16.3 Å². The molecule has 31 heavy (non-hydrogen) atoms. The van der Waals surface area contributed by atoms with Crippen molar-refractivity contribution in [1.82, 2.24) is 4.90 Å². The second-order valence-electron chi connectivity index (χ2n) is 7.18. The van der Waals surface area contributed by atoms with Crippen LogP contribution in [0.2, 0.25) is 5.02 Å². The third-order valence-corrected chi connectivity index (χ3v) is 5.23. The van der Waals surface area contributed by atoms with Gasteiger partial charge in [0.1, 0.15) is 5.82 Å². The van der Waals surface area contributed by atoms with Crippen LogP contribution in [0, 0.1) is 5.82 Å². The predicted octanol–water partition coefficient (Wildman–Crippen LogP) is 4.26. The third-order valence-electron chi connectivity index (χ3n) is 4.98. The van der Waals surface area contributed by atoms with Gasteiger partial charge in [0.25, 0.3) is 11.8 Å². The van der Waals surface area contributed by atoms with Crippen molar-refractivity contribution in [2.45, 2.75) is 6.17 Å². The first-order chi connectivity index (χ1) is 14.9. The molecule has 1 aliphatic heterocycles. The van der Waals surface area contributed by atoms with Crippen LogP contribution in [-0.2, 0) is 0 Å². The van der Waals surface area contributed by atoms with Gasteiger partial charge in [0, 0.05) is 23.8 Å². The number of rotatable bonds is 6. The van der Waals surface area contributed by atoms with Gasteiger partial charge in [0.05, 0.1) is 23.0 Å². The number of hydrogen-bond acceptors (Lipinski definition) is 4. The van der Waals surface area contributed by atoms with Gasteiger partial charge < -0.3 is 16.4 Å². The Hall–Kier alpha value is -3.26. The highest BCUT2D eigenvalue weighted by Crippen LogP contribution is 2.24. The van der Waals surface area contributed by atoms with Crippen molar-refractivity contribution in [3.8, 4) is 0 Å². The topological polar surface area (TPSA) is 87.2 Å². The minimum atomic E-state index is -0.671. The second-order valence-corrected chi connectivity index (χ2v) is 7.62. The van der Waals surface area contributed by atoms with E-state index in [1.54, 1.807) is 54.6 Å². The van der Waals surface area contributed by atoms with Crippen LogP contribution < -0.4 is 16.4 Å². The normalized spacial score (nSPS) is 14.0. The fourth-order valence-electron chi connectivity index (χ4n) is 3.16. The Kier molecular flexibility index (Phi) is 5.99. The van der Waals surface area contributed by atoms with E-state index in [1.807, 2.05) is 4.90 Å². The van der Waals surface area contributed by atoms with Gasteiger partial charge in [-0.05, 0) is 54.1 Å². The first kappa shape index (κ1) is 21.0. The van der Waals surface area contributed by atoms with Gasteiger partial charge in [-0.2, -0.15) is 0 Å². The van der Waals surface area contributed by atoms with Crippen molar-refractivity contribution in [3.05, 3.63) is 94.3 Å². The summed E-state index contributed by atoms with van der Waals surface area (Å²) in [5, 5.41) is 5.92. The molecule has 3 aromatic rings. The standard InChI is InChI=1S/C23H20ClFN4O2/c24-15-6-8-16(9-7-15)27-23(31)18-3-1-2-4-20(18)28-22(30)17-10-5-14(13-19(17)25)21(26)29-11-12-29/h1-10,13,21H,11-12,26H2,(H,27,31)(H,28,30). The van der Waals surface area contributed by atoms with Gasteiger partial charge in [-0.15, -0.1) is 0 Å². The molecule has 8 heteroatoms. The summed E-state index contributed by atoms with van der Waals surface area (Å²) in [5.74, 6) is -1.75. The highest BCUT2D eigenvalue weighted by molar-refractivity contribution is 6.30. The molecule has 2 amide bonds. The molecule has 1 fully saturated rings. The monoisotopic (exact) mass is 438 g/mol. The first-order valence-corrected chi connectivity index (χ1v) is 10.1. The Labute approximate surface area is 183 Å². The van der Waals surface area contributed by atoms with Crippen LogP contribution in [0.4, 0.5) is 15.8 Å². The number of nitrogens with one attached hydrogen (secondary N) is 2. The average molecular weight is 439 g/mol. The molecular weight excluding hydrogens is 419 g/mol. The van der Waals surface area contributed by atoms with E-state index in [4.69, 9.17) is 17.3 Å². The molecule has 158 valence electrons. The lowest BCUT2D eigenvalue weighted by Gasteiger charge is -2.15. The highest BCUT2D eigenvalue weighted by Gasteiger charge is 2.26. The van der Waals surface area contributed by atoms with Crippen LogP contribution >= 0.6 is 11.6 Å². The van der Waals surface area contributed by atoms with E-state index >= 15 is 0 Å². The molecule has 0 aliphatic carbocycles. The Bertz CT molecular complexity index is 1130. The molecule has 1 saturated heterocycles. The van der Waals surface area contributed by atoms with Gasteiger partial charge in [-0.3, -0.25) is 14.5 Å². The van der Waals surface area contributed by atoms with Crippen LogP contribution in [0.25, 0.3) is 0 Å². The molecule has 0 bridgehead atoms. The molecule has 1 unspecified atom stereocenters. The van der Waals surface area contributed by atoms with Crippen molar-refractivity contribution in [3.63, 3.8) is 0 Å². The maximum atomic E-state index is 14.6. The molecule has 0 radical (unpaired) electrons. The number of nitrogens with zero attached hydrogens (tertiary/aromatic N) is 1. The zero-order valence-electron chi connectivity index (χ0n) is 16.4. The summed E-state index contributed by atoms with van der Waals surface area (Å²) in [4.78, 5) is 27.4. The quantitative estimate of drug-likeness (QED) is 0.502. The third kappa shape index (κ3) is 4.91. The molecule has 0 aromatic heterocycles. The van der Waals surface area contributed by atoms with Crippen molar-refractivity contribution in [2.75, 3.05) is 23.7 Å². The van der Waals surface area contributed by atoms with Crippen LogP contribution in [0.5, 0.6) is 0 Å². The summed E-state index contributed by atoms with van der Waals surface area (Å²) in [6.45, 7) is 1.75. The molecule has 1 aliphatic rings. The molecule has 1 heterocycles. The van der Waals surface area contributed by atoms with E-state index in [1.165, 1.54) is 12.1 Å². The number of benzene rings is 3. The molecule has 0 spiro atoms. The fraction of sp³-hybridized carbons (Fsp3) is 0.130. The molecule has 4 N–H and O–H groups in total. The maximum absolute atomic E-state index is 14.6. The number of nitrogens with two attached hydrogens (primary N) is 1.